The third-order valence-electron chi connectivity index (χ3n) is 4.46. The predicted molar refractivity (Wildman–Crippen MR) is 90.4 cm³/mol. The molecule has 7 heteroatoms. The first kappa shape index (κ1) is 16.7. The lowest BCUT2D eigenvalue weighted by Gasteiger charge is -2.24. The van der Waals surface area contributed by atoms with Crippen molar-refractivity contribution in [3.63, 3.8) is 0 Å². The molecule has 1 saturated heterocycles. The van der Waals surface area contributed by atoms with Crippen molar-refractivity contribution in [2.75, 3.05) is 12.3 Å². The van der Waals surface area contributed by atoms with Crippen LogP contribution in [0.25, 0.3) is 0 Å². The Balaban J connectivity index is 1.83. The van der Waals surface area contributed by atoms with Gasteiger partial charge in [-0.15, -0.1) is 0 Å². The van der Waals surface area contributed by atoms with E-state index in [0.717, 1.165) is 18.4 Å². The zero-order valence-electron chi connectivity index (χ0n) is 13.8. The summed E-state index contributed by atoms with van der Waals surface area (Å²) in [7, 11) is -1.39. The van der Waals surface area contributed by atoms with Gasteiger partial charge in [0.2, 0.25) is 0 Å². The average molecular weight is 347 g/mol. The van der Waals surface area contributed by atoms with E-state index >= 15 is 0 Å². The second kappa shape index (κ2) is 6.39. The molecule has 0 N–H and O–H groups in total. The van der Waals surface area contributed by atoms with Crippen molar-refractivity contribution >= 4 is 15.7 Å². The van der Waals surface area contributed by atoms with Gasteiger partial charge in [0.05, 0.1) is 22.9 Å². The normalized spacial score (nSPS) is 18.1. The maximum Gasteiger partial charge on any atom is 0.254 e. The van der Waals surface area contributed by atoms with Gasteiger partial charge in [0.15, 0.2) is 9.84 Å². The van der Waals surface area contributed by atoms with E-state index in [4.69, 9.17) is 0 Å². The summed E-state index contributed by atoms with van der Waals surface area (Å²) in [6.07, 6.45) is 5.60. The van der Waals surface area contributed by atoms with Gasteiger partial charge >= 0.3 is 0 Å². The van der Waals surface area contributed by atoms with Gasteiger partial charge in [0.1, 0.15) is 0 Å². The Morgan fingerprint density at radius 3 is 2.58 bits per heavy atom. The minimum Gasteiger partial charge on any atom is -0.331 e. The third-order valence-corrected chi connectivity index (χ3v) is 6.21. The summed E-state index contributed by atoms with van der Waals surface area (Å²) in [6.45, 7) is 2.31. The van der Waals surface area contributed by atoms with Crippen LogP contribution < -0.4 is 0 Å². The predicted octanol–water partition coefficient (Wildman–Crippen LogP) is 2.19. The number of rotatable bonds is 4. The molecule has 2 heterocycles. The fourth-order valence-corrected chi connectivity index (χ4v) is 3.99. The van der Waals surface area contributed by atoms with Crippen molar-refractivity contribution in [1.29, 1.82) is 0 Å². The number of carbonyl (C=O) groups is 1. The summed E-state index contributed by atoms with van der Waals surface area (Å²) < 4.78 is 25.5. The van der Waals surface area contributed by atoms with E-state index in [2.05, 4.69) is 5.10 Å². The molecule has 1 aliphatic rings. The maximum absolute atomic E-state index is 12.8. The smallest absolute Gasteiger partial charge is 0.254 e. The second-order valence-corrected chi connectivity index (χ2v) is 8.31. The van der Waals surface area contributed by atoms with E-state index in [-0.39, 0.29) is 22.6 Å². The van der Waals surface area contributed by atoms with Crippen molar-refractivity contribution in [1.82, 2.24) is 14.7 Å². The van der Waals surface area contributed by atoms with E-state index in [1.54, 1.807) is 29.9 Å². The Bertz CT molecular complexity index is 840. The van der Waals surface area contributed by atoms with Crippen molar-refractivity contribution < 1.29 is 13.2 Å². The van der Waals surface area contributed by atoms with Gasteiger partial charge in [-0.05, 0) is 37.1 Å². The molecule has 1 unspecified atom stereocenters. The molecule has 0 saturated carbocycles. The minimum atomic E-state index is -3.25. The molecule has 1 aromatic carbocycles. The second-order valence-electron chi connectivity index (χ2n) is 6.03. The number of benzene rings is 1. The largest absolute Gasteiger partial charge is 0.331 e. The first-order valence-corrected chi connectivity index (χ1v) is 9.70. The zero-order valence-corrected chi connectivity index (χ0v) is 14.7. The van der Waals surface area contributed by atoms with Crippen LogP contribution in [0.1, 0.15) is 41.7 Å². The molecule has 3 rings (SSSR count). The number of aromatic nitrogens is 2. The van der Waals surface area contributed by atoms with Gasteiger partial charge in [0.25, 0.3) is 5.91 Å². The summed E-state index contributed by atoms with van der Waals surface area (Å²) in [5, 5.41) is 4.19. The molecular formula is C17H21N3O3S. The molecule has 0 bridgehead atoms. The fourth-order valence-electron chi connectivity index (χ4n) is 3.11. The Hall–Kier alpha value is -2.15. The van der Waals surface area contributed by atoms with Crippen LogP contribution in [-0.2, 0) is 16.9 Å². The molecule has 128 valence electrons. The molecule has 24 heavy (non-hydrogen) atoms. The van der Waals surface area contributed by atoms with Crippen molar-refractivity contribution in [3.8, 4) is 0 Å². The molecular weight excluding hydrogens is 326 g/mol. The Morgan fingerprint density at radius 1 is 1.29 bits per heavy atom. The van der Waals surface area contributed by atoms with Crippen LogP contribution in [-0.4, -0.2) is 41.3 Å². The standard InChI is InChI=1S/C17H21N3O3S/c1-3-24(22,23)15-8-6-13(7-9-15)17(21)20-10-4-5-16(20)14-11-18-19(2)12-14/h6-9,11-12,16H,3-5,10H2,1-2H3. The minimum absolute atomic E-state index is 0.0326. The van der Waals surface area contributed by atoms with Crippen LogP contribution in [0.5, 0.6) is 0 Å². The first-order chi connectivity index (χ1) is 11.4. The van der Waals surface area contributed by atoms with Crippen LogP contribution in [0.2, 0.25) is 0 Å². The van der Waals surface area contributed by atoms with Crippen LogP contribution in [0, 0.1) is 0 Å². The van der Waals surface area contributed by atoms with Gasteiger partial charge in [-0.3, -0.25) is 9.48 Å². The highest BCUT2D eigenvalue weighted by molar-refractivity contribution is 7.91. The monoisotopic (exact) mass is 347 g/mol. The lowest BCUT2D eigenvalue weighted by molar-refractivity contribution is 0.0735. The van der Waals surface area contributed by atoms with Crippen LogP contribution in [0.4, 0.5) is 0 Å². The van der Waals surface area contributed by atoms with E-state index in [1.807, 2.05) is 18.1 Å². The van der Waals surface area contributed by atoms with Gasteiger partial charge in [0, 0.05) is 30.9 Å². The van der Waals surface area contributed by atoms with E-state index in [0.29, 0.717) is 12.1 Å². The van der Waals surface area contributed by atoms with Gasteiger partial charge < -0.3 is 4.90 Å². The molecule has 1 aromatic heterocycles. The molecule has 0 radical (unpaired) electrons. The topological polar surface area (TPSA) is 72.3 Å². The number of hydrogen-bond donors (Lipinski definition) is 0. The van der Waals surface area contributed by atoms with E-state index in [1.165, 1.54) is 12.1 Å². The molecule has 0 aliphatic carbocycles. The number of carbonyl (C=O) groups excluding carboxylic acids is 1. The quantitative estimate of drug-likeness (QED) is 0.850. The SMILES string of the molecule is CCS(=O)(=O)c1ccc(C(=O)N2CCCC2c2cnn(C)c2)cc1. The van der Waals surface area contributed by atoms with E-state index in [9.17, 15) is 13.2 Å². The number of aryl methyl sites for hydroxylation is 1. The summed E-state index contributed by atoms with van der Waals surface area (Å²) in [5.74, 6) is -0.0167. The highest BCUT2D eigenvalue weighted by Crippen LogP contribution is 2.32. The van der Waals surface area contributed by atoms with Crippen LogP contribution in [0.3, 0.4) is 0 Å². The number of sulfone groups is 1. The van der Waals surface area contributed by atoms with Crippen LogP contribution >= 0.6 is 0 Å². The molecule has 1 amide bonds. The fraction of sp³-hybridized carbons (Fsp3) is 0.412. The van der Waals surface area contributed by atoms with Crippen molar-refractivity contribution in [2.24, 2.45) is 7.05 Å². The van der Waals surface area contributed by atoms with Crippen molar-refractivity contribution in [2.45, 2.75) is 30.7 Å². The average Bonchev–Trinajstić information content (AvgIpc) is 3.23. The maximum atomic E-state index is 12.8. The highest BCUT2D eigenvalue weighted by atomic mass is 32.2. The Morgan fingerprint density at radius 2 is 2.00 bits per heavy atom. The van der Waals surface area contributed by atoms with E-state index < -0.39 is 9.84 Å². The molecule has 6 nitrogen and oxygen atoms in total. The lowest BCUT2D eigenvalue weighted by Crippen LogP contribution is -2.30. The molecule has 2 aromatic rings. The molecule has 1 fully saturated rings. The Labute approximate surface area is 142 Å². The number of amides is 1. The van der Waals surface area contributed by atoms with Crippen LogP contribution in [0.15, 0.2) is 41.6 Å². The van der Waals surface area contributed by atoms with Crippen molar-refractivity contribution in [3.05, 3.63) is 47.8 Å². The lowest BCUT2D eigenvalue weighted by atomic mass is 10.1. The Kier molecular flexibility index (Phi) is 4.45. The number of nitrogens with zero attached hydrogens (tertiary/aromatic N) is 3. The molecule has 0 spiro atoms. The van der Waals surface area contributed by atoms with Gasteiger partial charge in [-0.25, -0.2) is 8.42 Å². The number of likely N-dealkylation sites (tertiary alicyclic amines) is 1. The molecule has 1 atom stereocenters. The zero-order chi connectivity index (χ0) is 17.3. The van der Waals surface area contributed by atoms with Gasteiger partial charge in [-0.2, -0.15) is 5.10 Å². The number of hydrogen-bond acceptors (Lipinski definition) is 4. The molecule has 1 aliphatic heterocycles. The summed E-state index contributed by atoms with van der Waals surface area (Å²) >= 11 is 0. The first-order valence-electron chi connectivity index (χ1n) is 8.04. The van der Waals surface area contributed by atoms with Gasteiger partial charge in [-0.1, -0.05) is 6.92 Å². The summed E-state index contributed by atoms with van der Waals surface area (Å²) in [4.78, 5) is 14.9. The third kappa shape index (κ3) is 3.08. The highest BCUT2D eigenvalue weighted by Gasteiger charge is 2.31. The summed E-state index contributed by atoms with van der Waals surface area (Å²) in [5.41, 5.74) is 1.55. The summed E-state index contributed by atoms with van der Waals surface area (Å²) in [6, 6.07) is 6.26.